The standard InChI is InChI=1S/C15H19FN2O3/c1-11(15(20)18-6-8-21-9-7-18)17-14(19)10-12-4-2-3-5-13(12)16/h2-5,11H,6-10H2,1H3,(H,17,19)/t11-/m1/s1. The molecule has 1 aromatic rings. The topological polar surface area (TPSA) is 58.6 Å². The predicted molar refractivity (Wildman–Crippen MR) is 75.1 cm³/mol. The third kappa shape index (κ3) is 4.26. The largest absolute Gasteiger partial charge is 0.378 e. The summed E-state index contributed by atoms with van der Waals surface area (Å²) in [6.07, 6.45) is -0.0760. The first kappa shape index (κ1) is 15.4. The fourth-order valence-corrected chi connectivity index (χ4v) is 2.23. The normalized spacial score (nSPS) is 16.4. The van der Waals surface area contributed by atoms with Gasteiger partial charge in [-0.3, -0.25) is 9.59 Å². The Morgan fingerprint density at radius 3 is 2.67 bits per heavy atom. The SMILES string of the molecule is C[C@@H](NC(=O)Cc1ccccc1F)C(=O)N1CCOCC1. The number of ether oxygens (including phenoxy) is 1. The van der Waals surface area contributed by atoms with Crippen molar-refractivity contribution in [3.8, 4) is 0 Å². The summed E-state index contributed by atoms with van der Waals surface area (Å²) in [6.45, 7) is 3.74. The van der Waals surface area contributed by atoms with Gasteiger partial charge in [-0.15, -0.1) is 0 Å². The molecular formula is C15H19FN2O3. The summed E-state index contributed by atoms with van der Waals surface area (Å²) in [7, 11) is 0. The van der Waals surface area contributed by atoms with E-state index in [0.717, 1.165) is 0 Å². The number of rotatable bonds is 4. The van der Waals surface area contributed by atoms with Crippen molar-refractivity contribution >= 4 is 11.8 Å². The Bertz CT molecular complexity index is 515. The number of hydrogen-bond donors (Lipinski definition) is 1. The Hall–Kier alpha value is -1.95. The lowest BCUT2D eigenvalue weighted by molar-refractivity contribution is -0.139. The average Bonchev–Trinajstić information content (AvgIpc) is 2.49. The molecule has 1 aliphatic rings. The van der Waals surface area contributed by atoms with E-state index in [0.29, 0.717) is 31.9 Å². The van der Waals surface area contributed by atoms with Gasteiger partial charge in [0.25, 0.3) is 0 Å². The minimum atomic E-state index is -0.623. The molecule has 0 aliphatic carbocycles. The van der Waals surface area contributed by atoms with Gasteiger partial charge >= 0.3 is 0 Å². The lowest BCUT2D eigenvalue weighted by atomic mass is 10.1. The molecule has 1 fully saturated rings. The van der Waals surface area contributed by atoms with Crippen LogP contribution in [-0.2, 0) is 20.7 Å². The van der Waals surface area contributed by atoms with Crippen LogP contribution in [0.25, 0.3) is 0 Å². The highest BCUT2D eigenvalue weighted by molar-refractivity contribution is 5.88. The van der Waals surface area contributed by atoms with E-state index in [1.165, 1.54) is 6.07 Å². The molecule has 0 radical (unpaired) electrons. The van der Waals surface area contributed by atoms with Crippen LogP contribution in [0.1, 0.15) is 12.5 Å². The lowest BCUT2D eigenvalue weighted by Crippen LogP contribution is -2.50. The van der Waals surface area contributed by atoms with E-state index in [4.69, 9.17) is 4.74 Å². The molecule has 0 bridgehead atoms. The van der Waals surface area contributed by atoms with Gasteiger partial charge in [0.2, 0.25) is 11.8 Å². The van der Waals surface area contributed by atoms with Gasteiger partial charge in [0.15, 0.2) is 0 Å². The molecular weight excluding hydrogens is 275 g/mol. The summed E-state index contributed by atoms with van der Waals surface area (Å²) < 4.78 is 18.6. The van der Waals surface area contributed by atoms with Crippen LogP contribution in [0.15, 0.2) is 24.3 Å². The van der Waals surface area contributed by atoms with E-state index in [9.17, 15) is 14.0 Å². The molecule has 0 saturated carbocycles. The summed E-state index contributed by atoms with van der Waals surface area (Å²) >= 11 is 0. The lowest BCUT2D eigenvalue weighted by Gasteiger charge is -2.29. The summed E-state index contributed by atoms with van der Waals surface area (Å²) in [5.74, 6) is -0.922. The van der Waals surface area contributed by atoms with E-state index < -0.39 is 11.9 Å². The van der Waals surface area contributed by atoms with E-state index in [2.05, 4.69) is 5.32 Å². The maximum absolute atomic E-state index is 13.5. The average molecular weight is 294 g/mol. The van der Waals surface area contributed by atoms with Crippen LogP contribution in [0, 0.1) is 5.82 Å². The molecule has 1 atom stereocenters. The molecule has 0 aromatic heterocycles. The van der Waals surface area contributed by atoms with E-state index in [-0.39, 0.29) is 18.2 Å². The molecule has 2 rings (SSSR count). The quantitative estimate of drug-likeness (QED) is 0.891. The van der Waals surface area contributed by atoms with Crippen molar-refractivity contribution in [2.75, 3.05) is 26.3 Å². The molecule has 0 unspecified atom stereocenters. The van der Waals surface area contributed by atoms with Crippen molar-refractivity contribution in [2.45, 2.75) is 19.4 Å². The number of carbonyl (C=O) groups is 2. The molecule has 1 N–H and O–H groups in total. The van der Waals surface area contributed by atoms with Gasteiger partial charge < -0.3 is 15.0 Å². The Morgan fingerprint density at radius 2 is 2.00 bits per heavy atom. The number of benzene rings is 1. The van der Waals surface area contributed by atoms with Crippen LogP contribution in [0.2, 0.25) is 0 Å². The monoisotopic (exact) mass is 294 g/mol. The van der Waals surface area contributed by atoms with Gasteiger partial charge in [-0.25, -0.2) is 4.39 Å². The van der Waals surface area contributed by atoms with Gasteiger partial charge in [-0.05, 0) is 18.6 Å². The molecule has 6 heteroatoms. The number of nitrogens with one attached hydrogen (secondary N) is 1. The predicted octanol–water partition coefficient (Wildman–Crippen LogP) is 0.732. The zero-order valence-corrected chi connectivity index (χ0v) is 12.0. The van der Waals surface area contributed by atoms with Crippen molar-refractivity contribution in [3.05, 3.63) is 35.6 Å². The number of carbonyl (C=O) groups excluding carboxylic acids is 2. The number of halogens is 1. The first-order valence-corrected chi connectivity index (χ1v) is 6.97. The molecule has 1 saturated heterocycles. The van der Waals surface area contributed by atoms with Crippen LogP contribution >= 0.6 is 0 Å². The first-order valence-electron chi connectivity index (χ1n) is 6.97. The third-order valence-electron chi connectivity index (χ3n) is 3.38. The summed E-state index contributed by atoms with van der Waals surface area (Å²) in [4.78, 5) is 25.7. The highest BCUT2D eigenvalue weighted by atomic mass is 19.1. The Morgan fingerprint density at radius 1 is 1.33 bits per heavy atom. The Balaban J connectivity index is 1.87. The van der Waals surface area contributed by atoms with Crippen LogP contribution in [0.5, 0.6) is 0 Å². The number of morpholine rings is 1. The maximum Gasteiger partial charge on any atom is 0.245 e. The first-order chi connectivity index (χ1) is 10.1. The zero-order valence-electron chi connectivity index (χ0n) is 12.0. The van der Waals surface area contributed by atoms with Gasteiger partial charge in [-0.2, -0.15) is 0 Å². The number of hydrogen-bond acceptors (Lipinski definition) is 3. The third-order valence-corrected chi connectivity index (χ3v) is 3.38. The van der Waals surface area contributed by atoms with Gasteiger partial charge in [0.1, 0.15) is 11.9 Å². The summed E-state index contributed by atoms with van der Waals surface area (Å²) in [6, 6.07) is 5.49. The fraction of sp³-hybridized carbons (Fsp3) is 0.467. The second kappa shape index (κ2) is 7.17. The van der Waals surface area contributed by atoms with Crippen molar-refractivity contribution in [3.63, 3.8) is 0 Å². The highest BCUT2D eigenvalue weighted by Crippen LogP contribution is 2.07. The van der Waals surface area contributed by atoms with Gasteiger partial charge in [0, 0.05) is 13.1 Å². The molecule has 1 aromatic carbocycles. The zero-order chi connectivity index (χ0) is 15.2. The van der Waals surface area contributed by atoms with Crippen LogP contribution in [0.4, 0.5) is 4.39 Å². The maximum atomic E-state index is 13.5. The van der Waals surface area contributed by atoms with Crippen molar-refractivity contribution in [2.24, 2.45) is 0 Å². The van der Waals surface area contributed by atoms with Crippen molar-refractivity contribution in [1.29, 1.82) is 0 Å². The Labute approximate surface area is 123 Å². The highest BCUT2D eigenvalue weighted by Gasteiger charge is 2.23. The minimum Gasteiger partial charge on any atom is -0.378 e. The second-order valence-corrected chi connectivity index (χ2v) is 5.00. The van der Waals surface area contributed by atoms with Crippen LogP contribution in [0.3, 0.4) is 0 Å². The van der Waals surface area contributed by atoms with Crippen LogP contribution < -0.4 is 5.32 Å². The molecule has 0 spiro atoms. The van der Waals surface area contributed by atoms with Crippen LogP contribution in [-0.4, -0.2) is 49.1 Å². The van der Waals surface area contributed by atoms with E-state index >= 15 is 0 Å². The minimum absolute atomic E-state index is 0.0760. The summed E-state index contributed by atoms with van der Waals surface area (Å²) in [5.41, 5.74) is 0.320. The van der Waals surface area contributed by atoms with E-state index in [1.54, 1.807) is 30.0 Å². The molecule has 2 amide bonds. The molecule has 21 heavy (non-hydrogen) atoms. The van der Waals surface area contributed by atoms with Gasteiger partial charge in [0.05, 0.1) is 19.6 Å². The molecule has 1 heterocycles. The van der Waals surface area contributed by atoms with Crippen molar-refractivity contribution in [1.82, 2.24) is 10.2 Å². The molecule has 114 valence electrons. The van der Waals surface area contributed by atoms with E-state index in [1.807, 2.05) is 0 Å². The van der Waals surface area contributed by atoms with Gasteiger partial charge in [-0.1, -0.05) is 18.2 Å². The van der Waals surface area contributed by atoms with Crippen molar-refractivity contribution < 1.29 is 18.7 Å². The number of nitrogens with zero attached hydrogens (tertiary/aromatic N) is 1. The Kier molecular flexibility index (Phi) is 5.27. The summed E-state index contributed by atoms with van der Waals surface area (Å²) in [5, 5.41) is 2.62. The second-order valence-electron chi connectivity index (χ2n) is 5.00. The molecule has 1 aliphatic heterocycles. The number of amides is 2. The fourth-order valence-electron chi connectivity index (χ4n) is 2.23. The molecule has 5 nitrogen and oxygen atoms in total. The smallest absolute Gasteiger partial charge is 0.245 e.